The number of methoxy groups -OCH3 is 2. The summed E-state index contributed by atoms with van der Waals surface area (Å²) in [5.74, 6) is -6.17. The Morgan fingerprint density at radius 3 is 2.14 bits per heavy atom. The van der Waals surface area contributed by atoms with Gasteiger partial charge in [0, 0.05) is 82.7 Å². The van der Waals surface area contributed by atoms with Crippen molar-refractivity contribution in [1.29, 1.82) is 0 Å². The predicted octanol–water partition coefficient (Wildman–Crippen LogP) is 3.65. The highest BCUT2D eigenvalue weighted by Gasteiger charge is 2.55. The first-order chi connectivity index (χ1) is 36.5. The third-order valence-electron chi connectivity index (χ3n) is 16.4. The summed E-state index contributed by atoms with van der Waals surface area (Å²) in [6.45, 7) is 18.1. The molecule has 5 rings (SSSR count). The van der Waals surface area contributed by atoms with E-state index in [-0.39, 0.29) is 54.6 Å². The highest BCUT2D eigenvalue weighted by Crippen LogP contribution is 2.42. The topological polar surface area (TPSA) is 273 Å². The van der Waals surface area contributed by atoms with Crippen LogP contribution in [0.2, 0.25) is 0 Å². The second kappa shape index (κ2) is 27.0. The number of nitrogens with zero attached hydrogens (tertiary/aromatic N) is 3. The summed E-state index contributed by atoms with van der Waals surface area (Å²) in [4.78, 5) is 68.7. The van der Waals surface area contributed by atoms with Crippen molar-refractivity contribution in [2.75, 3.05) is 67.1 Å². The molecule has 2 aromatic rings. The summed E-state index contributed by atoms with van der Waals surface area (Å²) < 4.78 is 58.8. The Morgan fingerprint density at radius 1 is 0.885 bits per heavy atom. The van der Waals surface area contributed by atoms with Crippen LogP contribution < -0.4 is 20.5 Å². The molecular formula is C56H90N4O18. The minimum Gasteiger partial charge on any atom is -0.493 e. The molecule has 0 aliphatic carbocycles. The number of carboxylic acids is 1. The number of carbonyl (C=O) groups excluding carboxylic acids is 3. The molecule has 18 atom stereocenters. The number of aliphatic hydroxyl groups excluding tert-OH is 2. The molecule has 78 heavy (non-hydrogen) atoms. The fourth-order valence-electron chi connectivity index (χ4n) is 11.6. The van der Waals surface area contributed by atoms with Crippen LogP contribution in [0.1, 0.15) is 118 Å². The van der Waals surface area contributed by atoms with Crippen molar-refractivity contribution in [2.45, 2.75) is 192 Å². The van der Waals surface area contributed by atoms with E-state index in [1.807, 2.05) is 32.8 Å². The molecule has 3 saturated heterocycles. The second-order valence-corrected chi connectivity index (χ2v) is 22.8. The molecule has 22 heteroatoms. The molecular weight excluding hydrogens is 1020 g/mol. The van der Waals surface area contributed by atoms with E-state index in [2.05, 4.69) is 5.32 Å². The minimum atomic E-state index is -2.03. The summed E-state index contributed by atoms with van der Waals surface area (Å²) in [5, 5.41) is 49.9. The molecule has 0 bridgehead atoms. The van der Waals surface area contributed by atoms with Gasteiger partial charge in [0.2, 0.25) is 5.43 Å². The lowest BCUT2D eigenvalue weighted by atomic mass is 9.74. The maximum absolute atomic E-state index is 14.6. The van der Waals surface area contributed by atoms with Crippen LogP contribution in [-0.4, -0.2) is 200 Å². The quantitative estimate of drug-likeness (QED) is 0.0992. The first kappa shape index (κ1) is 64.5. The number of ketones is 1. The molecule has 1 aromatic carbocycles. The molecule has 3 aliphatic rings. The standard InChI is InChI=1S/C56H90N4O18/c1-17-41-56(10,69)48(65)32(4)44(62)30(2)27-54(8,70-15)49(78-53-46(64)40(58(11)12)25-31(3)73-53)33(5)47(34(6)52(68)75-41)77-43-28-55(9,71-16)50(35(7)74-43)76-42(61)21-23-57-22-18-24-72-36-19-20-37-39(26-36)60(59(13)14)29-38(45(37)63)51(66)67/h19-20,26,29-35,40-41,43,46-50,53,57,64-65,69H,17-18,21-25,27-28H2,1-16H3,(H,66,67)/t30-,31-,32+,33+,34-,35+,40+,41-,43+,46-,47+,48-,49-,50+,53+,54-,55-,56-/m1/s1. The number of aromatic carboxylic acids is 1. The lowest BCUT2D eigenvalue weighted by Gasteiger charge is -2.50. The summed E-state index contributed by atoms with van der Waals surface area (Å²) in [6.07, 6.45) is -7.76. The van der Waals surface area contributed by atoms with E-state index >= 15 is 0 Å². The van der Waals surface area contributed by atoms with Gasteiger partial charge >= 0.3 is 17.9 Å². The lowest BCUT2D eigenvalue weighted by Crippen LogP contribution is -2.61. The molecule has 4 heterocycles. The second-order valence-electron chi connectivity index (χ2n) is 22.8. The van der Waals surface area contributed by atoms with Gasteiger partial charge in [0.1, 0.15) is 40.5 Å². The van der Waals surface area contributed by atoms with Crippen molar-refractivity contribution in [1.82, 2.24) is 14.9 Å². The molecule has 0 radical (unpaired) electrons. The molecule has 22 nitrogen and oxygen atoms in total. The molecule has 442 valence electrons. The number of cyclic esters (lactones) is 1. The lowest BCUT2D eigenvalue weighted by molar-refractivity contribution is -0.320. The molecule has 3 fully saturated rings. The Morgan fingerprint density at radius 2 is 1.54 bits per heavy atom. The van der Waals surface area contributed by atoms with Crippen LogP contribution in [0.5, 0.6) is 5.75 Å². The number of esters is 2. The van der Waals surface area contributed by atoms with E-state index in [9.17, 15) is 44.4 Å². The Kier molecular flexibility index (Phi) is 22.3. The largest absolute Gasteiger partial charge is 0.493 e. The van der Waals surface area contributed by atoms with Crippen LogP contribution in [0.3, 0.4) is 0 Å². The van der Waals surface area contributed by atoms with Gasteiger partial charge < -0.3 is 78.3 Å². The number of carboxylic acid groups (broad SMARTS) is 1. The van der Waals surface area contributed by atoms with Crippen molar-refractivity contribution in [3.05, 3.63) is 40.2 Å². The predicted molar refractivity (Wildman–Crippen MR) is 288 cm³/mol. The number of benzene rings is 1. The summed E-state index contributed by atoms with van der Waals surface area (Å²) in [5.41, 5.74) is -4.96. The normalized spacial score (nSPS) is 36.4. The van der Waals surface area contributed by atoms with E-state index in [1.54, 1.807) is 83.5 Å². The van der Waals surface area contributed by atoms with Gasteiger partial charge in [0.15, 0.2) is 18.7 Å². The molecule has 1 aromatic heterocycles. The number of fused-ring (bicyclic) bond motifs is 1. The van der Waals surface area contributed by atoms with Crippen LogP contribution in [0.15, 0.2) is 29.2 Å². The van der Waals surface area contributed by atoms with Crippen molar-refractivity contribution in [3.63, 3.8) is 0 Å². The third-order valence-corrected chi connectivity index (χ3v) is 16.4. The summed E-state index contributed by atoms with van der Waals surface area (Å²) in [6, 6.07) is 4.51. The van der Waals surface area contributed by atoms with Crippen LogP contribution >= 0.6 is 0 Å². The maximum Gasteiger partial charge on any atom is 0.341 e. The number of aromatic nitrogens is 1. The van der Waals surface area contributed by atoms with Gasteiger partial charge in [-0.15, -0.1) is 0 Å². The van der Waals surface area contributed by atoms with Gasteiger partial charge in [0.25, 0.3) is 0 Å². The SMILES string of the molecule is CC[C@H]1OC(=O)[C@H](C)[C@@H](O[C@H]2C[C@@](C)(OC)[C@@H](OC(=O)CCNCCCOc3ccc4c(=O)c(C(=O)O)cn(N(C)C)c4c3)[C@H](C)O2)[C@H](C)[C@@H](O[C@@H]2O[C@H](C)C[C@H](N(C)C)[C@H]2O)[C@](C)(OC)C[C@@H](C)C(=O)[C@H](C)[C@@H](O)[C@]1(C)O. The monoisotopic (exact) mass is 1110 g/mol. The van der Waals surface area contributed by atoms with E-state index in [4.69, 9.17) is 42.6 Å². The zero-order chi connectivity index (χ0) is 58.4. The highest BCUT2D eigenvalue weighted by molar-refractivity contribution is 5.93. The average molecular weight is 1110 g/mol. The summed E-state index contributed by atoms with van der Waals surface area (Å²) >= 11 is 0. The Labute approximate surface area is 459 Å². The first-order valence-corrected chi connectivity index (χ1v) is 27.3. The number of nitrogens with one attached hydrogen (secondary N) is 1. The number of hydrogen-bond donors (Lipinski definition) is 5. The zero-order valence-corrected chi connectivity index (χ0v) is 48.7. The van der Waals surface area contributed by atoms with E-state index in [1.165, 1.54) is 34.3 Å². The molecule has 0 unspecified atom stereocenters. The molecule has 0 saturated carbocycles. The van der Waals surface area contributed by atoms with Gasteiger partial charge in [-0.2, -0.15) is 0 Å². The van der Waals surface area contributed by atoms with Crippen molar-refractivity contribution in [3.8, 4) is 5.75 Å². The number of Topliss-reactive ketones (excluding diaryl/α,β-unsaturated/α-hetero) is 1. The highest BCUT2D eigenvalue weighted by atomic mass is 16.7. The number of rotatable bonds is 19. The number of hydrogen-bond acceptors (Lipinski definition) is 20. The Balaban J connectivity index is 1.32. The Bertz CT molecular complexity index is 2420. The van der Waals surface area contributed by atoms with Crippen molar-refractivity contribution < 1.29 is 82.2 Å². The van der Waals surface area contributed by atoms with Crippen LogP contribution in [0.25, 0.3) is 10.9 Å². The van der Waals surface area contributed by atoms with Gasteiger partial charge in [-0.25, -0.2) is 4.79 Å². The Hall–Kier alpha value is -4.33. The van der Waals surface area contributed by atoms with E-state index < -0.39 is 119 Å². The fraction of sp³-hybridized carbons (Fsp3) is 0.768. The van der Waals surface area contributed by atoms with Crippen LogP contribution in [-0.2, 0) is 52.3 Å². The van der Waals surface area contributed by atoms with Gasteiger partial charge in [0.05, 0.1) is 60.6 Å². The van der Waals surface area contributed by atoms with Crippen molar-refractivity contribution >= 4 is 34.6 Å². The number of pyridine rings is 1. The van der Waals surface area contributed by atoms with Gasteiger partial charge in [-0.05, 0) is 100.0 Å². The number of likely N-dealkylation sites (N-methyl/N-ethyl adjacent to an activating group) is 1. The third kappa shape index (κ3) is 14.6. The molecule has 5 N–H and O–H groups in total. The van der Waals surface area contributed by atoms with Gasteiger partial charge in [-0.3, -0.25) is 23.9 Å². The smallest absolute Gasteiger partial charge is 0.341 e. The number of carbonyl (C=O) groups is 4. The average Bonchev–Trinajstić information content (AvgIpc) is 3.41. The van der Waals surface area contributed by atoms with E-state index in [0.717, 1.165) is 0 Å². The number of aliphatic hydroxyl groups is 3. The zero-order valence-electron chi connectivity index (χ0n) is 48.7. The maximum atomic E-state index is 14.6. The molecule has 0 amide bonds. The van der Waals surface area contributed by atoms with Gasteiger partial charge in [-0.1, -0.05) is 27.7 Å². The summed E-state index contributed by atoms with van der Waals surface area (Å²) in [7, 11) is 10.2. The van der Waals surface area contributed by atoms with Crippen LogP contribution in [0, 0.1) is 23.7 Å². The molecule has 3 aliphatic heterocycles. The first-order valence-electron chi connectivity index (χ1n) is 27.3. The fourth-order valence-corrected chi connectivity index (χ4v) is 11.6. The number of ether oxygens (including phenoxy) is 9. The van der Waals surface area contributed by atoms with Crippen molar-refractivity contribution in [2.24, 2.45) is 23.7 Å². The molecule has 0 spiro atoms. The minimum absolute atomic E-state index is 0.0208. The van der Waals surface area contributed by atoms with E-state index in [0.29, 0.717) is 43.8 Å². The van der Waals surface area contributed by atoms with Crippen LogP contribution in [0.4, 0.5) is 0 Å².